The zero-order chi connectivity index (χ0) is 13.0. The summed E-state index contributed by atoms with van der Waals surface area (Å²) in [6.07, 6.45) is 3.50. The van der Waals surface area contributed by atoms with E-state index in [4.69, 9.17) is 0 Å². The first-order chi connectivity index (χ1) is 8.65. The first-order valence-corrected chi connectivity index (χ1v) is 7.76. The van der Waals surface area contributed by atoms with Crippen LogP contribution in [0.25, 0.3) is 0 Å². The Morgan fingerprint density at radius 3 is 2.89 bits per heavy atom. The van der Waals surface area contributed by atoms with E-state index in [1.54, 1.807) is 11.8 Å². The van der Waals surface area contributed by atoms with Crippen molar-refractivity contribution in [3.05, 3.63) is 0 Å². The van der Waals surface area contributed by atoms with Crippen LogP contribution in [0.3, 0.4) is 0 Å². The summed E-state index contributed by atoms with van der Waals surface area (Å²) in [5.74, 6) is 0.923. The van der Waals surface area contributed by atoms with E-state index in [0.717, 1.165) is 37.6 Å². The van der Waals surface area contributed by atoms with Crippen molar-refractivity contribution < 1.29 is 4.79 Å². The van der Waals surface area contributed by atoms with Crippen molar-refractivity contribution >= 4 is 22.8 Å². The summed E-state index contributed by atoms with van der Waals surface area (Å²) >= 11 is 1.79. The van der Waals surface area contributed by atoms with Crippen LogP contribution in [0.5, 0.6) is 0 Å². The summed E-state index contributed by atoms with van der Waals surface area (Å²) in [5, 5.41) is 4.73. The Morgan fingerprint density at radius 1 is 1.50 bits per heavy atom. The Hall–Kier alpha value is -0.710. The van der Waals surface area contributed by atoms with Crippen LogP contribution in [0.4, 0.5) is 0 Å². The fraction of sp³-hybridized carbons (Fsp3) is 0.846. The van der Waals surface area contributed by atoms with Gasteiger partial charge in [0, 0.05) is 18.3 Å². The van der Waals surface area contributed by atoms with Crippen LogP contribution < -0.4 is 5.32 Å². The number of hydrogen-bond donors (Lipinski definition) is 1. The van der Waals surface area contributed by atoms with E-state index in [1.807, 2.05) is 4.90 Å². The predicted molar refractivity (Wildman–Crippen MR) is 77.0 cm³/mol. The second-order valence-corrected chi connectivity index (χ2v) is 6.75. The van der Waals surface area contributed by atoms with Gasteiger partial charge in [0.2, 0.25) is 5.91 Å². The molecule has 0 spiro atoms. The van der Waals surface area contributed by atoms with Crippen molar-refractivity contribution in [3.63, 3.8) is 0 Å². The van der Waals surface area contributed by atoms with Crippen LogP contribution in [-0.4, -0.2) is 47.4 Å². The summed E-state index contributed by atoms with van der Waals surface area (Å²) in [6.45, 7) is 7.63. The summed E-state index contributed by atoms with van der Waals surface area (Å²) in [7, 11) is 0. The average molecular weight is 269 g/mol. The average Bonchev–Trinajstić information content (AvgIpc) is 2.95. The number of likely N-dealkylation sites (tertiary alicyclic amines) is 1. The van der Waals surface area contributed by atoms with Crippen LogP contribution in [0.15, 0.2) is 4.99 Å². The molecule has 1 unspecified atom stereocenters. The number of amides is 1. The zero-order valence-electron chi connectivity index (χ0n) is 11.3. The number of hydrogen-bond acceptors (Lipinski definition) is 4. The highest BCUT2D eigenvalue weighted by Gasteiger charge is 2.22. The number of carbonyl (C=O) groups is 1. The molecular weight excluding hydrogens is 246 g/mol. The van der Waals surface area contributed by atoms with Gasteiger partial charge in [-0.2, -0.15) is 0 Å². The standard InChI is InChI=1S/C13H23N3OS/c1-10(2)7-11-8-14-13(18-11)15-9-12(17)16-5-3-4-6-16/h10-11H,3-9H2,1-2H3,(H,14,15). The van der Waals surface area contributed by atoms with Crippen LogP contribution in [0.1, 0.15) is 33.1 Å². The third kappa shape index (κ3) is 3.90. The highest BCUT2D eigenvalue weighted by atomic mass is 32.2. The third-order valence-corrected chi connectivity index (χ3v) is 4.47. The highest BCUT2D eigenvalue weighted by molar-refractivity contribution is 8.14. The molecule has 0 aliphatic carbocycles. The Morgan fingerprint density at radius 2 is 2.22 bits per heavy atom. The minimum Gasteiger partial charge on any atom is -0.356 e. The molecule has 1 amide bonds. The molecular formula is C13H23N3OS. The first-order valence-electron chi connectivity index (χ1n) is 6.88. The van der Waals surface area contributed by atoms with Gasteiger partial charge in [-0.1, -0.05) is 25.6 Å². The molecule has 0 radical (unpaired) electrons. The van der Waals surface area contributed by atoms with Crippen LogP contribution in [0, 0.1) is 5.92 Å². The zero-order valence-corrected chi connectivity index (χ0v) is 12.1. The van der Waals surface area contributed by atoms with Gasteiger partial charge in [0.05, 0.1) is 13.1 Å². The number of carbonyl (C=O) groups excluding carboxylic acids is 1. The summed E-state index contributed by atoms with van der Waals surface area (Å²) < 4.78 is 0. The summed E-state index contributed by atoms with van der Waals surface area (Å²) in [4.78, 5) is 18.3. The SMILES string of the molecule is CC(C)CC1CN=C(NCC(=O)N2CCCC2)S1. The molecule has 1 fully saturated rings. The van der Waals surface area contributed by atoms with Crippen molar-refractivity contribution in [2.75, 3.05) is 26.2 Å². The van der Waals surface area contributed by atoms with Crippen molar-refractivity contribution in [3.8, 4) is 0 Å². The first kappa shape index (κ1) is 13.7. The molecule has 1 saturated heterocycles. The van der Waals surface area contributed by atoms with Gasteiger partial charge in [-0.15, -0.1) is 0 Å². The Kier molecular flexibility index (Phi) is 4.92. The number of thioether (sulfide) groups is 1. The molecule has 0 aromatic heterocycles. The maximum atomic E-state index is 11.9. The number of nitrogens with one attached hydrogen (secondary N) is 1. The van der Waals surface area contributed by atoms with Crippen LogP contribution >= 0.6 is 11.8 Å². The second kappa shape index (κ2) is 6.45. The third-order valence-electron chi connectivity index (χ3n) is 3.30. The van der Waals surface area contributed by atoms with E-state index in [0.29, 0.717) is 17.7 Å². The van der Waals surface area contributed by atoms with Crippen LogP contribution in [-0.2, 0) is 4.79 Å². The number of nitrogens with zero attached hydrogens (tertiary/aromatic N) is 2. The largest absolute Gasteiger partial charge is 0.356 e. The van der Waals surface area contributed by atoms with Gasteiger partial charge < -0.3 is 10.2 Å². The van der Waals surface area contributed by atoms with Gasteiger partial charge in [-0.25, -0.2) is 0 Å². The summed E-state index contributed by atoms with van der Waals surface area (Å²) in [5.41, 5.74) is 0. The van der Waals surface area contributed by atoms with Crippen LogP contribution in [0.2, 0.25) is 0 Å². The molecule has 5 heteroatoms. The molecule has 102 valence electrons. The lowest BCUT2D eigenvalue weighted by Crippen LogP contribution is -2.37. The van der Waals surface area contributed by atoms with Gasteiger partial charge in [-0.3, -0.25) is 9.79 Å². The Bertz CT molecular complexity index is 324. The lowest BCUT2D eigenvalue weighted by atomic mass is 10.1. The molecule has 2 rings (SSSR count). The van der Waals surface area contributed by atoms with Crippen molar-refractivity contribution in [1.29, 1.82) is 0 Å². The second-order valence-electron chi connectivity index (χ2n) is 5.46. The van der Waals surface area contributed by atoms with Crippen molar-refractivity contribution in [2.45, 2.75) is 38.4 Å². The molecule has 1 N–H and O–H groups in total. The van der Waals surface area contributed by atoms with E-state index >= 15 is 0 Å². The molecule has 2 aliphatic rings. The quantitative estimate of drug-likeness (QED) is 0.845. The Balaban J connectivity index is 1.67. The minimum absolute atomic E-state index is 0.211. The number of amidine groups is 1. The molecule has 0 bridgehead atoms. The maximum Gasteiger partial charge on any atom is 0.241 e. The van der Waals surface area contributed by atoms with Crippen molar-refractivity contribution in [2.24, 2.45) is 10.9 Å². The molecule has 0 aromatic rings. The fourth-order valence-corrected chi connectivity index (χ4v) is 3.64. The maximum absolute atomic E-state index is 11.9. The highest BCUT2D eigenvalue weighted by Crippen LogP contribution is 2.25. The van der Waals surface area contributed by atoms with Gasteiger partial charge in [0.15, 0.2) is 5.17 Å². The van der Waals surface area contributed by atoms with Crippen molar-refractivity contribution in [1.82, 2.24) is 10.2 Å². The fourth-order valence-electron chi connectivity index (χ4n) is 2.39. The monoisotopic (exact) mass is 269 g/mol. The molecule has 0 aromatic carbocycles. The molecule has 2 heterocycles. The van der Waals surface area contributed by atoms with Gasteiger partial charge in [0.1, 0.15) is 0 Å². The Labute approximate surface area is 114 Å². The molecule has 2 aliphatic heterocycles. The normalized spacial score (nSPS) is 23.6. The lowest BCUT2D eigenvalue weighted by Gasteiger charge is -2.16. The molecule has 18 heavy (non-hydrogen) atoms. The molecule has 1 atom stereocenters. The van der Waals surface area contributed by atoms with Gasteiger partial charge >= 0.3 is 0 Å². The van der Waals surface area contributed by atoms with Gasteiger partial charge in [-0.05, 0) is 25.2 Å². The number of rotatable bonds is 4. The molecule has 0 saturated carbocycles. The van der Waals surface area contributed by atoms with E-state index < -0.39 is 0 Å². The lowest BCUT2D eigenvalue weighted by molar-refractivity contribution is -0.128. The molecule has 4 nitrogen and oxygen atoms in total. The predicted octanol–water partition coefficient (Wildman–Crippen LogP) is 1.72. The van der Waals surface area contributed by atoms with E-state index in [9.17, 15) is 4.79 Å². The number of aliphatic imine (C=N–C) groups is 1. The smallest absolute Gasteiger partial charge is 0.241 e. The minimum atomic E-state index is 0.211. The van der Waals surface area contributed by atoms with E-state index in [2.05, 4.69) is 24.2 Å². The summed E-state index contributed by atoms with van der Waals surface area (Å²) in [6, 6.07) is 0. The van der Waals surface area contributed by atoms with E-state index in [-0.39, 0.29) is 5.91 Å². The van der Waals surface area contributed by atoms with Gasteiger partial charge in [0.25, 0.3) is 0 Å². The van der Waals surface area contributed by atoms with E-state index in [1.165, 1.54) is 6.42 Å². The topological polar surface area (TPSA) is 44.7 Å².